The number of sulfonamides is 1. The second-order valence-electron chi connectivity index (χ2n) is 4.46. The van der Waals surface area contributed by atoms with Crippen molar-refractivity contribution in [1.29, 1.82) is 0 Å². The van der Waals surface area contributed by atoms with E-state index in [1.807, 2.05) is 0 Å². The van der Waals surface area contributed by atoms with E-state index in [9.17, 15) is 12.6 Å². The quantitative estimate of drug-likeness (QED) is 0.850. The minimum absolute atomic E-state index is 0.113. The number of hydrogen-bond acceptors (Lipinski definition) is 5. The SMILES string of the molecule is Cc1noc(C)c1S(=O)(=O)N=[S@@](C)(=O)c1ccc(Cl)cc1. The minimum atomic E-state index is -4.13. The van der Waals surface area contributed by atoms with Gasteiger partial charge in [0, 0.05) is 16.2 Å². The highest BCUT2D eigenvalue weighted by Gasteiger charge is 2.25. The van der Waals surface area contributed by atoms with Crippen LogP contribution in [0, 0.1) is 13.8 Å². The van der Waals surface area contributed by atoms with Gasteiger partial charge in [0.15, 0.2) is 10.7 Å². The zero-order valence-corrected chi connectivity index (χ0v) is 13.9. The average molecular weight is 349 g/mol. The van der Waals surface area contributed by atoms with Crippen LogP contribution in [0.25, 0.3) is 0 Å². The molecular weight excluding hydrogens is 336 g/mol. The van der Waals surface area contributed by atoms with Crippen molar-refractivity contribution in [2.24, 2.45) is 3.77 Å². The third-order valence-electron chi connectivity index (χ3n) is 2.72. The number of halogens is 1. The van der Waals surface area contributed by atoms with Gasteiger partial charge in [-0.1, -0.05) is 16.8 Å². The van der Waals surface area contributed by atoms with Gasteiger partial charge in [0.1, 0.15) is 5.69 Å². The van der Waals surface area contributed by atoms with Crippen molar-refractivity contribution in [3.63, 3.8) is 0 Å². The number of nitrogens with zero attached hydrogens (tertiary/aromatic N) is 2. The molecule has 0 aliphatic rings. The van der Waals surface area contributed by atoms with Crippen LogP contribution in [0.4, 0.5) is 0 Å². The Bertz CT molecular complexity index is 872. The Morgan fingerprint density at radius 2 is 1.71 bits per heavy atom. The molecule has 1 heterocycles. The van der Waals surface area contributed by atoms with E-state index in [0.29, 0.717) is 5.02 Å². The Kier molecular flexibility index (Phi) is 4.14. The predicted octanol–water partition coefficient (Wildman–Crippen LogP) is 2.79. The van der Waals surface area contributed by atoms with Crippen LogP contribution < -0.4 is 0 Å². The van der Waals surface area contributed by atoms with Crippen LogP contribution in [-0.2, 0) is 19.8 Å². The lowest BCUT2D eigenvalue weighted by atomic mass is 10.4. The average Bonchev–Trinajstić information content (AvgIpc) is 2.68. The predicted molar refractivity (Wildman–Crippen MR) is 79.4 cm³/mol. The molecule has 0 amide bonds. The number of benzene rings is 1. The molecule has 114 valence electrons. The van der Waals surface area contributed by atoms with Gasteiger partial charge >= 0.3 is 0 Å². The first-order valence-corrected chi connectivity index (χ1v) is 9.54. The van der Waals surface area contributed by atoms with Gasteiger partial charge in [0.05, 0.1) is 9.73 Å². The van der Waals surface area contributed by atoms with Crippen molar-refractivity contribution in [3.05, 3.63) is 40.7 Å². The maximum absolute atomic E-state index is 12.6. The summed E-state index contributed by atoms with van der Waals surface area (Å²) in [5, 5.41) is 4.03. The minimum Gasteiger partial charge on any atom is -0.360 e. The molecular formula is C12H13ClN2O4S2. The topological polar surface area (TPSA) is 89.6 Å². The van der Waals surface area contributed by atoms with Crippen LogP contribution in [-0.4, -0.2) is 24.0 Å². The van der Waals surface area contributed by atoms with E-state index in [4.69, 9.17) is 16.1 Å². The highest BCUT2D eigenvalue weighted by atomic mass is 35.5. The van der Waals surface area contributed by atoms with Gasteiger partial charge in [-0.05, 0) is 38.1 Å². The molecule has 1 aromatic heterocycles. The third-order valence-corrected chi connectivity index (χ3v) is 7.14. The summed E-state index contributed by atoms with van der Waals surface area (Å²) in [5.74, 6) is 0.113. The van der Waals surface area contributed by atoms with Crippen LogP contribution in [0.1, 0.15) is 11.5 Å². The lowest BCUT2D eigenvalue weighted by Gasteiger charge is -2.05. The summed E-state index contributed by atoms with van der Waals surface area (Å²) >= 11 is 5.76. The molecule has 0 unspecified atom stereocenters. The summed E-state index contributed by atoms with van der Waals surface area (Å²) in [5.41, 5.74) is 0.183. The fourth-order valence-electron chi connectivity index (χ4n) is 1.80. The molecule has 1 aromatic carbocycles. The summed E-state index contributed by atoms with van der Waals surface area (Å²) in [6, 6.07) is 6.02. The molecule has 0 radical (unpaired) electrons. The normalized spacial score (nSPS) is 14.7. The highest BCUT2D eigenvalue weighted by molar-refractivity contribution is 8.03. The van der Waals surface area contributed by atoms with Gasteiger partial charge in [-0.25, -0.2) is 4.21 Å². The van der Waals surface area contributed by atoms with Crippen LogP contribution in [0.3, 0.4) is 0 Å². The molecule has 0 saturated heterocycles. The molecule has 6 nitrogen and oxygen atoms in total. The molecule has 0 aliphatic heterocycles. The standard InChI is InChI=1S/C12H13ClN2O4S2/c1-8-12(9(2)19-14-8)21(17,18)15-20(3,16)11-6-4-10(13)5-7-11/h4-7H,1-3H3/t20-/m0/s1. The number of aryl methyl sites for hydroxylation is 2. The molecule has 0 saturated carbocycles. The summed E-state index contributed by atoms with van der Waals surface area (Å²) < 4.78 is 45.6. The third kappa shape index (κ3) is 3.28. The Balaban J connectivity index is 2.61. The fraction of sp³-hybridized carbons (Fsp3) is 0.250. The van der Waals surface area contributed by atoms with Crippen LogP contribution in [0.15, 0.2) is 42.3 Å². The summed E-state index contributed by atoms with van der Waals surface area (Å²) in [7, 11) is -7.27. The zero-order chi connectivity index (χ0) is 15.8. The van der Waals surface area contributed by atoms with Crippen molar-refractivity contribution in [2.45, 2.75) is 23.6 Å². The molecule has 0 fully saturated rings. The van der Waals surface area contributed by atoms with Crippen LogP contribution >= 0.6 is 11.6 Å². The van der Waals surface area contributed by atoms with E-state index in [1.165, 1.54) is 44.4 Å². The molecule has 0 aliphatic carbocycles. The Morgan fingerprint density at radius 3 is 2.19 bits per heavy atom. The smallest absolute Gasteiger partial charge is 0.295 e. The second-order valence-corrected chi connectivity index (χ2v) is 8.93. The maximum Gasteiger partial charge on any atom is 0.295 e. The van der Waals surface area contributed by atoms with E-state index in [2.05, 4.69) is 8.92 Å². The van der Waals surface area contributed by atoms with E-state index >= 15 is 0 Å². The van der Waals surface area contributed by atoms with Crippen LogP contribution in [0.2, 0.25) is 5.02 Å². The fourth-order valence-corrected chi connectivity index (χ4v) is 5.52. The van der Waals surface area contributed by atoms with Crippen molar-refractivity contribution < 1.29 is 17.1 Å². The molecule has 0 N–H and O–H groups in total. The van der Waals surface area contributed by atoms with Gasteiger partial charge in [-0.2, -0.15) is 8.42 Å². The Morgan fingerprint density at radius 1 is 1.14 bits per heavy atom. The number of aromatic nitrogens is 1. The van der Waals surface area contributed by atoms with Crippen molar-refractivity contribution in [3.8, 4) is 0 Å². The Labute approximate surface area is 128 Å². The summed E-state index contributed by atoms with van der Waals surface area (Å²) in [6.45, 7) is 2.95. The van der Waals surface area contributed by atoms with Crippen molar-refractivity contribution in [2.75, 3.05) is 6.26 Å². The zero-order valence-electron chi connectivity index (χ0n) is 11.5. The van der Waals surface area contributed by atoms with E-state index in [-0.39, 0.29) is 21.2 Å². The van der Waals surface area contributed by atoms with Crippen LogP contribution in [0.5, 0.6) is 0 Å². The highest BCUT2D eigenvalue weighted by Crippen LogP contribution is 2.24. The van der Waals surface area contributed by atoms with Gasteiger partial charge in [0.25, 0.3) is 10.0 Å². The molecule has 2 aromatic rings. The maximum atomic E-state index is 12.6. The van der Waals surface area contributed by atoms with E-state index in [0.717, 1.165) is 0 Å². The molecule has 2 rings (SSSR count). The largest absolute Gasteiger partial charge is 0.360 e. The van der Waals surface area contributed by atoms with E-state index in [1.54, 1.807) is 0 Å². The Hall–Kier alpha value is -1.38. The van der Waals surface area contributed by atoms with Crippen molar-refractivity contribution >= 4 is 31.4 Å². The number of rotatable bonds is 3. The first kappa shape index (κ1) is 16.0. The molecule has 9 heteroatoms. The van der Waals surface area contributed by atoms with Gasteiger partial charge in [-0.15, -0.1) is 3.77 Å². The lowest BCUT2D eigenvalue weighted by Crippen LogP contribution is -2.06. The molecule has 0 bridgehead atoms. The molecule has 0 spiro atoms. The van der Waals surface area contributed by atoms with E-state index < -0.39 is 19.8 Å². The van der Waals surface area contributed by atoms with Gasteiger partial charge in [0.2, 0.25) is 0 Å². The first-order chi connectivity index (χ1) is 9.63. The second kappa shape index (κ2) is 5.43. The lowest BCUT2D eigenvalue weighted by molar-refractivity contribution is 0.390. The monoisotopic (exact) mass is 348 g/mol. The summed E-state index contributed by atoms with van der Waals surface area (Å²) in [4.78, 5) is 0.133. The first-order valence-electron chi connectivity index (χ1n) is 5.80. The van der Waals surface area contributed by atoms with Gasteiger partial charge < -0.3 is 4.52 Å². The number of hydrogen-bond donors (Lipinski definition) is 0. The molecule has 1 atom stereocenters. The summed E-state index contributed by atoms with van der Waals surface area (Å²) in [6.07, 6.45) is 1.26. The van der Waals surface area contributed by atoms with Gasteiger partial charge in [-0.3, -0.25) is 0 Å². The van der Waals surface area contributed by atoms with Crippen molar-refractivity contribution in [1.82, 2.24) is 5.16 Å². The molecule has 21 heavy (non-hydrogen) atoms.